The maximum Gasteiger partial charge on any atom is 0.256 e. The number of benzene rings is 2. The summed E-state index contributed by atoms with van der Waals surface area (Å²) >= 11 is 6.24. The van der Waals surface area contributed by atoms with Crippen molar-refractivity contribution in [3.05, 3.63) is 76.4 Å². The van der Waals surface area contributed by atoms with Crippen molar-refractivity contribution in [1.82, 2.24) is 19.7 Å². The second-order valence-electron chi connectivity index (χ2n) is 8.47. The highest BCUT2D eigenvalue weighted by molar-refractivity contribution is 6.31. The van der Waals surface area contributed by atoms with Crippen molar-refractivity contribution in [2.24, 2.45) is 7.05 Å². The zero-order valence-corrected chi connectivity index (χ0v) is 19.8. The third-order valence-electron chi connectivity index (χ3n) is 6.14. The van der Waals surface area contributed by atoms with Gasteiger partial charge in [-0.2, -0.15) is 5.10 Å². The minimum absolute atomic E-state index is 0.105. The second kappa shape index (κ2) is 8.91. The van der Waals surface area contributed by atoms with Crippen molar-refractivity contribution in [2.75, 3.05) is 18.4 Å². The van der Waals surface area contributed by atoms with Crippen LogP contribution in [-0.2, 0) is 7.05 Å². The second-order valence-corrected chi connectivity index (χ2v) is 8.91. The third-order valence-corrected chi connectivity index (χ3v) is 6.37. The lowest BCUT2D eigenvalue weighted by Gasteiger charge is -2.18. The lowest BCUT2D eigenvalue weighted by atomic mass is 10.0. The Labute approximate surface area is 202 Å². The van der Waals surface area contributed by atoms with Crippen LogP contribution in [0.5, 0.6) is 0 Å². The van der Waals surface area contributed by atoms with Crippen molar-refractivity contribution >= 4 is 40.1 Å². The molecule has 1 N–H and O–H groups in total. The van der Waals surface area contributed by atoms with Crippen LogP contribution in [0.3, 0.4) is 0 Å². The van der Waals surface area contributed by atoms with Crippen molar-refractivity contribution in [3.8, 4) is 11.3 Å². The summed E-state index contributed by atoms with van der Waals surface area (Å²) in [6, 6.07) is 16.4. The van der Waals surface area contributed by atoms with Crippen molar-refractivity contribution in [1.29, 1.82) is 0 Å². The van der Waals surface area contributed by atoms with Gasteiger partial charge < -0.3 is 10.2 Å². The summed E-state index contributed by atoms with van der Waals surface area (Å²) in [6.07, 6.45) is 1.97. The third kappa shape index (κ3) is 4.03. The highest BCUT2D eigenvalue weighted by atomic mass is 35.5. The Hall–Kier alpha value is -3.71. The van der Waals surface area contributed by atoms with Gasteiger partial charge >= 0.3 is 0 Å². The van der Waals surface area contributed by atoms with E-state index >= 15 is 0 Å². The summed E-state index contributed by atoms with van der Waals surface area (Å²) < 4.78 is 1.68. The molecule has 2 amide bonds. The molecule has 34 heavy (non-hydrogen) atoms. The Kier molecular flexibility index (Phi) is 5.79. The summed E-state index contributed by atoms with van der Waals surface area (Å²) in [5.74, 6) is -0.453. The molecule has 0 aliphatic carbocycles. The van der Waals surface area contributed by atoms with Gasteiger partial charge in [-0.3, -0.25) is 14.3 Å². The minimum atomic E-state index is -0.349. The summed E-state index contributed by atoms with van der Waals surface area (Å²) in [7, 11) is 1.81. The van der Waals surface area contributed by atoms with Crippen LogP contribution in [0.1, 0.15) is 39.3 Å². The van der Waals surface area contributed by atoms with Crippen LogP contribution >= 0.6 is 11.6 Å². The molecule has 2 aromatic carbocycles. The number of pyridine rings is 1. The van der Waals surface area contributed by atoms with E-state index in [4.69, 9.17) is 16.6 Å². The van der Waals surface area contributed by atoms with E-state index < -0.39 is 0 Å². The maximum atomic E-state index is 13.6. The van der Waals surface area contributed by atoms with E-state index in [1.807, 2.05) is 49.2 Å². The topological polar surface area (TPSA) is 80.1 Å². The van der Waals surface area contributed by atoms with Crippen molar-refractivity contribution in [3.63, 3.8) is 0 Å². The standard InChI is InChI=1S/C26H24ClN5O2/c1-16-23-20(15-21(17-8-4-3-5-9-17)28-24(23)31(2)30-16)25(33)29-22-14-18(27)10-11-19(22)26(34)32-12-6-7-13-32/h3-5,8-11,14-15H,6-7,12-13H2,1-2H3,(H,29,33). The predicted octanol–water partition coefficient (Wildman–Crippen LogP) is 5.09. The SMILES string of the molecule is Cc1nn(C)c2nc(-c3ccccc3)cc(C(=O)Nc3cc(Cl)ccc3C(=O)N3CCCC3)c12. The average molecular weight is 474 g/mol. The molecule has 1 aliphatic heterocycles. The van der Waals surface area contributed by atoms with Gasteiger partial charge in [-0.1, -0.05) is 41.9 Å². The number of anilines is 1. The highest BCUT2D eigenvalue weighted by Gasteiger charge is 2.24. The Bertz CT molecular complexity index is 1410. The molecule has 0 spiro atoms. The first-order chi connectivity index (χ1) is 16.4. The highest BCUT2D eigenvalue weighted by Crippen LogP contribution is 2.29. The monoisotopic (exact) mass is 473 g/mol. The van der Waals surface area contributed by atoms with Crippen molar-refractivity contribution < 1.29 is 9.59 Å². The molecule has 0 bridgehead atoms. The number of carbonyl (C=O) groups is 2. The molecule has 8 heteroatoms. The first-order valence-corrected chi connectivity index (χ1v) is 11.6. The number of rotatable bonds is 4. The van der Waals surface area contributed by atoms with E-state index in [2.05, 4.69) is 10.4 Å². The molecule has 4 aromatic rings. The number of likely N-dealkylation sites (tertiary alicyclic amines) is 1. The quantitative estimate of drug-likeness (QED) is 0.448. The van der Waals surface area contributed by atoms with E-state index in [0.29, 0.717) is 44.3 Å². The number of fused-ring (bicyclic) bond motifs is 1. The molecular formula is C26H24ClN5O2. The Morgan fingerprint density at radius 1 is 1.00 bits per heavy atom. The number of aryl methyl sites for hydroxylation is 2. The number of carbonyl (C=O) groups excluding carboxylic acids is 2. The fraction of sp³-hybridized carbons (Fsp3) is 0.231. The Morgan fingerprint density at radius 2 is 1.74 bits per heavy atom. The smallest absolute Gasteiger partial charge is 0.256 e. The molecule has 0 atom stereocenters. The molecular weight excluding hydrogens is 450 g/mol. The Morgan fingerprint density at radius 3 is 2.47 bits per heavy atom. The minimum Gasteiger partial charge on any atom is -0.339 e. The normalized spacial score (nSPS) is 13.4. The van der Waals surface area contributed by atoms with E-state index in [9.17, 15) is 9.59 Å². The maximum absolute atomic E-state index is 13.6. The van der Waals surface area contributed by atoms with Crippen LogP contribution in [0.2, 0.25) is 5.02 Å². The first kappa shape index (κ1) is 22.1. The fourth-order valence-electron chi connectivity index (χ4n) is 4.47. The molecule has 0 radical (unpaired) electrons. The molecule has 3 heterocycles. The molecule has 2 aromatic heterocycles. The van der Waals surface area contributed by atoms with Gasteiger partial charge in [0.25, 0.3) is 11.8 Å². The number of hydrogen-bond donors (Lipinski definition) is 1. The van der Waals surface area contributed by atoms with Crippen LogP contribution in [0.15, 0.2) is 54.6 Å². The molecule has 5 rings (SSSR count). The van der Waals surface area contributed by atoms with Crippen molar-refractivity contribution in [2.45, 2.75) is 19.8 Å². The zero-order chi connectivity index (χ0) is 23.8. The first-order valence-electron chi connectivity index (χ1n) is 11.2. The lowest BCUT2D eigenvalue weighted by molar-refractivity contribution is 0.0794. The summed E-state index contributed by atoms with van der Waals surface area (Å²) in [6.45, 7) is 3.29. The molecule has 0 saturated carbocycles. The fourth-order valence-corrected chi connectivity index (χ4v) is 4.64. The van der Waals surface area contributed by atoms with Crippen LogP contribution < -0.4 is 5.32 Å². The van der Waals surface area contributed by atoms with Gasteiger partial charge in [-0.25, -0.2) is 4.98 Å². The summed E-state index contributed by atoms with van der Waals surface area (Å²) in [5.41, 5.74) is 4.13. The van der Waals surface area contributed by atoms with Gasteiger partial charge in [-0.05, 0) is 44.0 Å². The molecule has 172 valence electrons. The predicted molar refractivity (Wildman–Crippen MR) is 133 cm³/mol. The van der Waals surface area contributed by atoms with Gasteiger partial charge in [-0.15, -0.1) is 0 Å². The zero-order valence-electron chi connectivity index (χ0n) is 19.0. The summed E-state index contributed by atoms with van der Waals surface area (Å²) in [4.78, 5) is 33.3. The number of halogens is 1. The molecule has 1 saturated heterocycles. The molecule has 1 fully saturated rings. The van der Waals surface area contributed by atoms with Crippen LogP contribution in [0.4, 0.5) is 5.69 Å². The van der Waals surface area contributed by atoms with E-state index in [-0.39, 0.29) is 11.8 Å². The van der Waals surface area contributed by atoms with Gasteiger partial charge in [0.2, 0.25) is 0 Å². The lowest BCUT2D eigenvalue weighted by Crippen LogP contribution is -2.29. The molecule has 0 unspecified atom stereocenters. The molecule has 7 nitrogen and oxygen atoms in total. The number of hydrogen-bond acceptors (Lipinski definition) is 4. The van der Waals surface area contributed by atoms with Gasteiger partial charge in [0.05, 0.1) is 33.6 Å². The average Bonchev–Trinajstić information content (AvgIpc) is 3.47. The van der Waals surface area contributed by atoms with Crippen LogP contribution in [0.25, 0.3) is 22.3 Å². The van der Waals surface area contributed by atoms with E-state index in [1.54, 1.807) is 28.9 Å². The van der Waals surface area contributed by atoms with Gasteiger partial charge in [0, 0.05) is 30.7 Å². The van der Waals surface area contributed by atoms with Crippen LogP contribution in [0, 0.1) is 6.92 Å². The molecule has 1 aliphatic rings. The van der Waals surface area contributed by atoms with E-state index in [0.717, 1.165) is 31.5 Å². The van der Waals surface area contributed by atoms with E-state index in [1.165, 1.54) is 0 Å². The van der Waals surface area contributed by atoms with Crippen LogP contribution in [-0.4, -0.2) is 44.6 Å². The number of amides is 2. The largest absolute Gasteiger partial charge is 0.339 e. The number of nitrogens with one attached hydrogen (secondary N) is 1. The Balaban J connectivity index is 1.58. The summed E-state index contributed by atoms with van der Waals surface area (Å²) in [5, 5.41) is 8.54. The number of aromatic nitrogens is 3. The van der Waals surface area contributed by atoms with Gasteiger partial charge in [0.15, 0.2) is 5.65 Å². The number of nitrogens with zero attached hydrogens (tertiary/aromatic N) is 4. The van der Waals surface area contributed by atoms with Gasteiger partial charge in [0.1, 0.15) is 0 Å².